The lowest BCUT2D eigenvalue weighted by atomic mass is 9.96. The van der Waals surface area contributed by atoms with Gasteiger partial charge in [-0.3, -0.25) is 9.89 Å². The molecule has 1 atom stereocenters. The molecule has 1 aromatic heterocycles. The number of benzene rings is 2. The maximum Gasteiger partial charge on any atom is 0.270 e. The maximum atomic E-state index is 12.5. The third kappa shape index (κ3) is 2.94. The van der Waals surface area contributed by atoms with E-state index in [1.54, 1.807) is 20.3 Å². The van der Waals surface area contributed by atoms with Crippen molar-refractivity contribution in [2.75, 3.05) is 20.8 Å². The second kappa shape index (κ2) is 7.26. The number of aromatic nitrogens is 2. The van der Waals surface area contributed by atoms with Crippen LogP contribution in [0.2, 0.25) is 0 Å². The molecule has 0 bridgehead atoms. The standard InChI is InChI=1S/C21H21N3O4/c1-4-28-13-7-5-12(6-8-13)18-17-19(22-21(25)20(17)24-23-18)15-10-9-14(26-2)11-16(15)27-3/h5-11,19H,4H2,1-3H3,(H,22,25)(H,23,24)/t19-/m1/s1. The Morgan fingerprint density at radius 3 is 2.46 bits per heavy atom. The highest BCUT2D eigenvalue weighted by Gasteiger charge is 2.37. The molecule has 2 N–H and O–H groups in total. The Bertz CT molecular complexity index is 1010. The summed E-state index contributed by atoms with van der Waals surface area (Å²) in [6, 6.07) is 12.8. The second-order valence-electron chi connectivity index (χ2n) is 6.33. The van der Waals surface area contributed by atoms with E-state index < -0.39 is 0 Å². The van der Waals surface area contributed by atoms with Gasteiger partial charge in [-0.2, -0.15) is 5.10 Å². The van der Waals surface area contributed by atoms with Crippen LogP contribution in [0, 0.1) is 0 Å². The number of hydrogen-bond acceptors (Lipinski definition) is 5. The molecule has 1 aliphatic rings. The van der Waals surface area contributed by atoms with Gasteiger partial charge in [0.2, 0.25) is 0 Å². The molecule has 0 spiro atoms. The average molecular weight is 379 g/mol. The first-order valence-corrected chi connectivity index (χ1v) is 9.00. The Labute approximate surface area is 162 Å². The molecule has 0 radical (unpaired) electrons. The van der Waals surface area contributed by atoms with E-state index in [9.17, 15) is 4.79 Å². The number of carbonyl (C=O) groups excluding carboxylic acids is 1. The molecule has 3 aromatic rings. The Balaban J connectivity index is 1.78. The van der Waals surface area contributed by atoms with E-state index >= 15 is 0 Å². The topological polar surface area (TPSA) is 85.5 Å². The molecule has 2 aromatic carbocycles. The molecule has 4 rings (SSSR count). The number of ether oxygens (including phenoxy) is 3. The number of hydrogen-bond donors (Lipinski definition) is 2. The van der Waals surface area contributed by atoms with Gasteiger partial charge in [0.1, 0.15) is 22.9 Å². The van der Waals surface area contributed by atoms with Crippen LogP contribution in [0.5, 0.6) is 17.2 Å². The molecule has 28 heavy (non-hydrogen) atoms. The summed E-state index contributed by atoms with van der Waals surface area (Å²) in [4.78, 5) is 12.5. The van der Waals surface area contributed by atoms with Crippen LogP contribution in [-0.4, -0.2) is 36.9 Å². The lowest BCUT2D eigenvalue weighted by Gasteiger charge is -2.17. The van der Waals surface area contributed by atoms with Crippen LogP contribution in [0.15, 0.2) is 42.5 Å². The van der Waals surface area contributed by atoms with Crippen molar-refractivity contribution in [1.29, 1.82) is 0 Å². The first-order valence-electron chi connectivity index (χ1n) is 9.00. The summed E-state index contributed by atoms with van der Waals surface area (Å²) in [5.41, 5.74) is 3.72. The fourth-order valence-corrected chi connectivity index (χ4v) is 3.47. The number of amides is 1. The van der Waals surface area contributed by atoms with Crippen LogP contribution in [0.4, 0.5) is 0 Å². The highest BCUT2D eigenvalue weighted by atomic mass is 16.5. The van der Waals surface area contributed by atoms with Gasteiger partial charge in [-0.25, -0.2) is 0 Å². The van der Waals surface area contributed by atoms with Crippen LogP contribution in [0.3, 0.4) is 0 Å². The van der Waals surface area contributed by atoms with E-state index in [-0.39, 0.29) is 11.9 Å². The number of rotatable bonds is 6. The molecule has 0 unspecified atom stereocenters. The largest absolute Gasteiger partial charge is 0.497 e. The molecule has 7 nitrogen and oxygen atoms in total. The smallest absolute Gasteiger partial charge is 0.270 e. The number of nitrogens with zero attached hydrogens (tertiary/aromatic N) is 1. The molecule has 1 aliphatic heterocycles. The van der Waals surface area contributed by atoms with Crippen LogP contribution < -0.4 is 19.5 Å². The number of nitrogens with one attached hydrogen (secondary N) is 2. The van der Waals surface area contributed by atoms with Gasteiger partial charge >= 0.3 is 0 Å². The van der Waals surface area contributed by atoms with Gasteiger partial charge in [-0.05, 0) is 43.3 Å². The highest BCUT2D eigenvalue weighted by molar-refractivity contribution is 6.00. The van der Waals surface area contributed by atoms with Crippen molar-refractivity contribution in [3.05, 3.63) is 59.3 Å². The number of H-pyrrole nitrogens is 1. The van der Waals surface area contributed by atoms with Gasteiger partial charge in [-0.1, -0.05) is 0 Å². The fourth-order valence-electron chi connectivity index (χ4n) is 3.47. The predicted molar refractivity (Wildman–Crippen MR) is 104 cm³/mol. The zero-order valence-corrected chi connectivity index (χ0v) is 15.9. The van der Waals surface area contributed by atoms with Crippen LogP contribution in [0.25, 0.3) is 11.3 Å². The van der Waals surface area contributed by atoms with Crippen molar-refractivity contribution < 1.29 is 19.0 Å². The second-order valence-corrected chi connectivity index (χ2v) is 6.33. The average Bonchev–Trinajstić information content (AvgIpc) is 3.30. The van der Waals surface area contributed by atoms with Crippen LogP contribution in [0.1, 0.15) is 34.6 Å². The quantitative estimate of drug-likeness (QED) is 0.686. The summed E-state index contributed by atoms with van der Waals surface area (Å²) in [5, 5.41) is 10.3. The van der Waals surface area contributed by atoms with E-state index in [0.717, 1.165) is 28.1 Å². The zero-order chi connectivity index (χ0) is 19.7. The van der Waals surface area contributed by atoms with Crippen molar-refractivity contribution in [3.63, 3.8) is 0 Å². The monoisotopic (exact) mass is 379 g/mol. The van der Waals surface area contributed by atoms with E-state index in [1.165, 1.54) is 0 Å². The minimum absolute atomic E-state index is 0.192. The lowest BCUT2D eigenvalue weighted by Crippen LogP contribution is -2.21. The molecular weight excluding hydrogens is 358 g/mol. The van der Waals surface area contributed by atoms with E-state index in [0.29, 0.717) is 23.8 Å². The molecule has 0 saturated heterocycles. The molecular formula is C21H21N3O4. The molecule has 0 fully saturated rings. The Hall–Kier alpha value is -3.48. The normalized spacial score (nSPS) is 15.1. The van der Waals surface area contributed by atoms with Crippen LogP contribution in [-0.2, 0) is 0 Å². The Morgan fingerprint density at radius 2 is 1.79 bits per heavy atom. The predicted octanol–water partition coefficient (Wildman–Crippen LogP) is 3.33. The Kier molecular flexibility index (Phi) is 4.65. The first kappa shape index (κ1) is 17.9. The molecule has 7 heteroatoms. The highest BCUT2D eigenvalue weighted by Crippen LogP contribution is 2.41. The van der Waals surface area contributed by atoms with Gasteiger partial charge in [0, 0.05) is 22.8 Å². The third-order valence-electron chi connectivity index (χ3n) is 4.79. The van der Waals surface area contributed by atoms with Gasteiger partial charge in [-0.15, -0.1) is 0 Å². The number of carbonyl (C=O) groups is 1. The summed E-state index contributed by atoms with van der Waals surface area (Å²) >= 11 is 0. The molecule has 144 valence electrons. The lowest BCUT2D eigenvalue weighted by molar-refractivity contribution is 0.0955. The van der Waals surface area contributed by atoms with Crippen LogP contribution >= 0.6 is 0 Å². The summed E-state index contributed by atoms with van der Waals surface area (Å²) in [6.45, 7) is 2.55. The van der Waals surface area contributed by atoms with Crippen molar-refractivity contribution in [2.45, 2.75) is 13.0 Å². The molecule has 1 amide bonds. The van der Waals surface area contributed by atoms with Crippen molar-refractivity contribution in [3.8, 4) is 28.5 Å². The summed E-state index contributed by atoms with van der Waals surface area (Å²) in [7, 11) is 3.20. The molecule has 0 saturated carbocycles. The Morgan fingerprint density at radius 1 is 1.04 bits per heavy atom. The number of fused-ring (bicyclic) bond motifs is 1. The van der Waals surface area contributed by atoms with Gasteiger partial charge < -0.3 is 19.5 Å². The van der Waals surface area contributed by atoms with Gasteiger partial charge in [0.05, 0.1) is 32.6 Å². The molecule has 2 heterocycles. The van der Waals surface area contributed by atoms with Crippen molar-refractivity contribution in [1.82, 2.24) is 15.5 Å². The molecule has 0 aliphatic carbocycles. The fraction of sp³-hybridized carbons (Fsp3) is 0.238. The summed E-state index contributed by atoms with van der Waals surface area (Å²) < 4.78 is 16.3. The maximum absolute atomic E-state index is 12.5. The minimum atomic E-state index is -0.372. The number of methoxy groups -OCH3 is 2. The summed E-state index contributed by atoms with van der Waals surface area (Å²) in [5.74, 6) is 1.92. The van der Waals surface area contributed by atoms with Crippen molar-refractivity contribution in [2.24, 2.45) is 0 Å². The van der Waals surface area contributed by atoms with Gasteiger partial charge in [0.15, 0.2) is 0 Å². The first-order chi connectivity index (χ1) is 13.7. The number of aromatic amines is 1. The summed E-state index contributed by atoms with van der Waals surface area (Å²) in [6.07, 6.45) is 0. The van der Waals surface area contributed by atoms with E-state index in [1.807, 2.05) is 43.3 Å². The van der Waals surface area contributed by atoms with E-state index in [4.69, 9.17) is 14.2 Å². The van der Waals surface area contributed by atoms with Crippen molar-refractivity contribution >= 4 is 5.91 Å². The van der Waals surface area contributed by atoms with Gasteiger partial charge in [0.25, 0.3) is 5.91 Å². The third-order valence-corrected chi connectivity index (χ3v) is 4.79. The minimum Gasteiger partial charge on any atom is -0.497 e. The zero-order valence-electron chi connectivity index (χ0n) is 15.9. The SMILES string of the molecule is CCOc1ccc(-c2n[nH]c3c2[C@@H](c2ccc(OC)cc2OC)NC3=O)cc1. The van der Waals surface area contributed by atoms with E-state index in [2.05, 4.69) is 15.5 Å².